The molecule has 0 aliphatic carbocycles. The molecule has 7 heteroatoms. The Hall–Kier alpha value is -1.63. The smallest absolute Gasteiger partial charge is 0.334 e. The van der Waals surface area contributed by atoms with Crippen LogP contribution in [0, 0.1) is 10.1 Å². The summed E-state index contributed by atoms with van der Waals surface area (Å²) in [7, 11) is 1.77. The van der Waals surface area contributed by atoms with Crippen molar-refractivity contribution in [2.45, 2.75) is 26.3 Å². The van der Waals surface area contributed by atoms with Crippen molar-refractivity contribution >= 4 is 11.5 Å². The maximum Gasteiger partial charge on any atom is 0.334 e. The molecule has 0 spiro atoms. The van der Waals surface area contributed by atoms with E-state index < -0.39 is 0 Å². The van der Waals surface area contributed by atoms with E-state index in [0.717, 1.165) is 19.6 Å². The molecule has 18 heavy (non-hydrogen) atoms. The van der Waals surface area contributed by atoms with Crippen molar-refractivity contribution < 1.29 is 4.92 Å². The average molecular weight is 253 g/mol. The second-order valence-corrected chi connectivity index (χ2v) is 4.65. The standard InChI is InChI=1S/C11H19N5O2/c1-4-9-10(16(17)18)11(14(3)13-9)15-6-5-12-8(2)7-15/h8,12H,4-7H2,1-3H3/t8-/m1/s1. The molecule has 1 N–H and O–H groups in total. The zero-order valence-electron chi connectivity index (χ0n) is 11.0. The highest BCUT2D eigenvalue weighted by atomic mass is 16.6. The third kappa shape index (κ3) is 2.17. The van der Waals surface area contributed by atoms with Gasteiger partial charge in [-0.1, -0.05) is 6.92 Å². The van der Waals surface area contributed by atoms with Gasteiger partial charge >= 0.3 is 5.69 Å². The van der Waals surface area contributed by atoms with E-state index in [2.05, 4.69) is 17.3 Å². The van der Waals surface area contributed by atoms with Crippen LogP contribution in [0.2, 0.25) is 0 Å². The van der Waals surface area contributed by atoms with Gasteiger partial charge in [0.1, 0.15) is 5.69 Å². The van der Waals surface area contributed by atoms with E-state index in [1.807, 2.05) is 11.8 Å². The summed E-state index contributed by atoms with van der Waals surface area (Å²) in [5.41, 5.74) is 0.720. The summed E-state index contributed by atoms with van der Waals surface area (Å²) in [4.78, 5) is 13.0. The second-order valence-electron chi connectivity index (χ2n) is 4.65. The number of rotatable bonds is 3. The molecule has 1 aromatic heterocycles. The number of piperazine rings is 1. The lowest BCUT2D eigenvalue weighted by molar-refractivity contribution is -0.384. The van der Waals surface area contributed by atoms with Crippen LogP contribution in [0.15, 0.2) is 0 Å². The first kappa shape index (κ1) is 12.8. The van der Waals surface area contributed by atoms with Crippen LogP contribution < -0.4 is 10.2 Å². The Morgan fingerprint density at radius 2 is 2.33 bits per heavy atom. The SMILES string of the molecule is CCc1nn(C)c(N2CCN[C@H](C)C2)c1[N+](=O)[O-]. The summed E-state index contributed by atoms with van der Waals surface area (Å²) in [6.07, 6.45) is 0.575. The number of nitro groups is 1. The molecular weight excluding hydrogens is 234 g/mol. The largest absolute Gasteiger partial charge is 0.348 e. The van der Waals surface area contributed by atoms with E-state index in [1.165, 1.54) is 0 Å². The van der Waals surface area contributed by atoms with E-state index in [1.54, 1.807) is 11.7 Å². The molecule has 2 heterocycles. The van der Waals surface area contributed by atoms with Gasteiger partial charge in [0.15, 0.2) is 0 Å². The number of hydrogen-bond acceptors (Lipinski definition) is 5. The molecule has 0 radical (unpaired) electrons. The Kier molecular flexibility index (Phi) is 3.51. The van der Waals surface area contributed by atoms with Gasteiger partial charge in [-0.15, -0.1) is 0 Å². The molecule has 0 aromatic carbocycles. The van der Waals surface area contributed by atoms with Crippen LogP contribution in [0.25, 0.3) is 0 Å². The fraction of sp³-hybridized carbons (Fsp3) is 0.727. The highest BCUT2D eigenvalue weighted by molar-refractivity contribution is 5.62. The number of aryl methyl sites for hydroxylation is 2. The minimum absolute atomic E-state index is 0.161. The van der Waals surface area contributed by atoms with Crippen molar-refractivity contribution in [2.24, 2.45) is 7.05 Å². The van der Waals surface area contributed by atoms with E-state index >= 15 is 0 Å². The third-order valence-corrected chi connectivity index (χ3v) is 3.25. The Bertz CT molecular complexity index is 457. The molecule has 100 valence electrons. The summed E-state index contributed by atoms with van der Waals surface area (Å²) >= 11 is 0. The summed E-state index contributed by atoms with van der Waals surface area (Å²) in [5, 5.41) is 18.8. The fourth-order valence-electron chi connectivity index (χ4n) is 2.46. The number of nitrogens with zero attached hydrogens (tertiary/aromatic N) is 4. The van der Waals surface area contributed by atoms with Crippen molar-refractivity contribution in [1.29, 1.82) is 0 Å². The molecule has 7 nitrogen and oxygen atoms in total. The monoisotopic (exact) mass is 253 g/mol. The Balaban J connectivity index is 2.42. The minimum atomic E-state index is -0.312. The van der Waals surface area contributed by atoms with Gasteiger partial charge in [0, 0.05) is 32.7 Å². The Morgan fingerprint density at radius 3 is 2.89 bits per heavy atom. The molecular formula is C11H19N5O2. The normalized spacial score (nSPS) is 20.2. The molecule has 1 aromatic rings. The average Bonchev–Trinajstić information content (AvgIpc) is 2.66. The topological polar surface area (TPSA) is 76.2 Å². The highest BCUT2D eigenvalue weighted by Crippen LogP contribution is 2.32. The molecule has 1 saturated heterocycles. The van der Waals surface area contributed by atoms with Crippen LogP contribution >= 0.6 is 0 Å². The molecule has 2 rings (SSSR count). The molecule has 1 atom stereocenters. The number of nitrogens with one attached hydrogen (secondary N) is 1. The lowest BCUT2D eigenvalue weighted by Gasteiger charge is -2.32. The van der Waals surface area contributed by atoms with Crippen molar-refractivity contribution in [2.75, 3.05) is 24.5 Å². The van der Waals surface area contributed by atoms with E-state index in [-0.39, 0.29) is 10.6 Å². The zero-order valence-corrected chi connectivity index (χ0v) is 11.0. The fourth-order valence-corrected chi connectivity index (χ4v) is 2.46. The Labute approximate surface area is 106 Å². The van der Waals surface area contributed by atoms with Crippen LogP contribution in [-0.4, -0.2) is 40.4 Å². The number of anilines is 1. The van der Waals surface area contributed by atoms with Gasteiger partial charge in [0.2, 0.25) is 5.82 Å². The second kappa shape index (κ2) is 4.93. The quantitative estimate of drug-likeness (QED) is 0.633. The predicted molar refractivity (Wildman–Crippen MR) is 68.9 cm³/mol. The summed E-state index contributed by atoms with van der Waals surface area (Å²) in [5.74, 6) is 0.630. The molecule has 1 fully saturated rings. The van der Waals surface area contributed by atoms with Crippen LogP contribution in [0.5, 0.6) is 0 Å². The maximum atomic E-state index is 11.2. The summed E-state index contributed by atoms with van der Waals surface area (Å²) in [6, 6.07) is 0.332. The van der Waals surface area contributed by atoms with Crippen LogP contribution in [0.1, 0.15) is 19.5 Å². The molecule has 1 aliphatic rings. The highest BCUT2D eigenvalue weighted by Gasteiger charge is 2.31. The van der Waals surface area contributed by atoms with Gasteiger partial charge in [-0.2, -0.15) is 5.10 Å². The lowest BCUT2D eigenvalue weighted by atomic mass is 10.2. The van der Waals surface area contributed by atoms with Gasteiger partial charge in [-0.3, -0.25) is 10.1 Å². The predicted octanol–water partition coefficient (Wildman–Crippen LogP) is 0.689. The lowest BCUT2D eigenvalue weighted by Crippen LogP contribution is -2.50. The number of aromatic nitrogens is 2. The van der Waals surface area contributed by atoms with E-state index in [9.17, 15) is 10.1 Å². The van der Waals surface area contributed by atoms with Crippen molar-refractivity contribution in [1.82, 2.24) is 15.1 Å². The summed E-state index contributed by atoms with van der Waals surface area (Å²) in [6.45, 7) is 6.34. The van der Waals surface area contributed by atoms with Crippen LogP contribution in [0.4, 0.5) is 11.5 Å². The van der Waals surface area contributed by atoms with Crippen molar-refractivity contribution in [3.63, 3.8) is 0 Å². The van der Waals surface area contributed by atoms with Gasteiger partial charge in [0.05, 0.1) is 4.92 Å². The van der Waals surface area contributed by atoms with Gasteiger partial charge in [-0.25, -0.2) is 4.68 Å². The molecule has 0 unspecified atom stereocenters. The first-order valence-electron chi connectivity index (χ1n) is 6.23. The molecule has 1 aliphatic heterocycles. The molecule has 0 amide bonds. The van der Waals surface area contributed by atoms with Crippen molar-refractivity contribution in [3.8, 4) is 0 Å². The van der Waals surface area contributed by atoms with Crippen LogP contribution in [0.3, 0.4) is 0 Å². The Morgan fingerprint density at radius 1 is 1.61 bits per heavy atom. The van der Waals surface area contributed by atoms with E-state index in [0.29, 0.717) is 24.0 Å². The summed E-state index contributed by atoms with van der Waals surface area (Å²) < 4.78 is 1.63. The van der Waals surface area contributed by atoms with Gasteiger partial charge in [0.25, 0.3) is 0 Å². The van der Waals surface area contributed by atoms with Gasteiger partial charge < -0.3 is 10.2 Å². The number of hydrogen-bond donors (Lipinski definition) is 1. The zero-order chi connectivity index (χ0) is 13.3. The molecule has 0 bridgehead atoms. The van der Waals surface area contributed by atoms with Crippen molar-refractivity contribution in [3.05, 3.63) is 15.8 Å². The maximum absolute atomic E-state index is 11.2. The first-order valence-corrected chi connectivity index (χ1v) is 6.23. The van der Waals surface area contributed by atoms with Gasteiger partial charge in [-0.05, 0) is 13.3 Å². The first-order chi connectivity index (χ1) is 8.54. The van der Waals surface area contributed by atoms with E-state index in [4.69, 9.17) is 0 Å². The molecule has 0 saturated carbocycles. The van der Waals surface area contributed by atoms with Crippen LogP contribution in [-0.2, 0) is 13.5 Å². The minimum Gasteiger partial charge on any atom is -0.348 e. The third-order valence-electron chi connectivity index (χ3n) is 3.25.